The Morgan fingerprint density at radius 3 is 2.68 bits per heavy atom. The number of phenols is 1. The maximum absolute atomic E-state index is 12.5. The fraction of sp³-hybridized carbons (Fsp3) is 0.158. The van der Waals surface area contributed by atoms with Crippen LogP contribution in [0.15, 0.2) is 42.5 Å². The molecule has 2 aromatic carbocycles. The number of aromatic hydroxyl groups is 1. The van der Waals surface area contributed by atoms with E-state index in [2.05, 4.69) is 9.72 Å². The molecular weight excluding hydrogens is 322 g/mol. The van der Waals surface area contributed by atoms with Crippen LogP contribution in [0.4, 0.5) is 0 Å². The minimum atomic E-state index is -0.502. The van der Waals surface area contributed by atoms with E-state index < -0.39 is 11.9 Å². The lowest BCUT2D eigenvalue weighted by molar-refractivity contribution is 0.0474. The van der Waals surface area contributed by atoms with Gasteiger partial charge in [-0.3, -0.25) is 0 Å². The third-order valence-corrected chi connectivity index (χ3v) is 3.89. The lowest BCUT2D eigenvalue weighted by Gasteiger charge is -2.07. The zero-order valence-electron chi connectivity index (χ0n) is 13.8. The molecule has 3 rings (SSSR count). The van der Waals surface area contributed by atoms with Crippen LogP contribution in [0.1, 0.15) is 32.0 Å². The first-order valence-corrected chi connectivity index (χ1v) is 7.65. The summed E-state index contributed by atoms with van der Waals surface area (Å²) in [7, 11) is 1.31. The van der Waals surface area contributed by atoms with Crippen molar-refractivity contribution in [3.8, 4) is 5.75 Å². The van der Waals surface area contributed by atoms with Crippen molar-refractivity contribution < 1.29 is 24.2 Å². The van der Waals surface area contributed by atoms with Gasteiger partial charge in [0.05, 0.1) is 18.2 Å². The number of aryl methyl sites for hydroxylation is 1. The molecule has 0 aliphatic heterocycles. The topological polar surface area (TPSA) is 88.6 Å². The monoisotopic (exact) mass is 339 g/mol. The van der Waals surface area contributed by atoms with Crippen LogP contribution in [0.3, 0.4) is 0 Å². The van der Waals surface area contributed by atoms with E-state index in [4.69, 9.17) is 4.74 Å². The Morgan fingerprint density at radius 2 is 1.92 bits per heavy atom. The Hall–Kier alpha value is -3.28. The number of carbonyl (C=O) groups is 2. The van der Waals surface area contributed by atoms with Gasteiger partial charge in [-0.25, -0.2) is 9.59 Å². The molecule has 0 amide bonds. The summed E-state index contributed by atoms with van der Waals surface area (Å²) >= 11 is 0. The summed E-state index contributed by atoms with van der Waals surface area (Å²) in [5.74, 6) is -0.875. The number of fused-ring (bicyclic) bond motifs is 1. The van der Waals surface area contributed by atoms with Crippen LogP contribution >= 0.6 is 0 Å². The standard InChI is InChI=1S/C19H17NO5/c1-11-17(15-9-14(21)6-7-16(15)20-11)19(23)25-10-12-4-3-5-13(8-12)18(22)24-2/h3-9,20-21H,10H2,1-2H3. The van der Waals surface area contributed by atoms with Crippen molar-refractivity contribution in [1.82, 2.24) is 4.98 Å². The summed E-state index contributed by atoms with van der Waals surface area (Å²) in [6.07, 6.45) is 0. The molecule has 0 atom stereocenters. The average Bonchev–Trinajstić information content (AvgIpc) is 2.94. The Labute approximate surface area is 144 Å². The molecule has 25 heavy (non-hydrogen) atoms. The molecule has 6 nitrogen and oxygen atoms in total. The zero-order chi connectivity index (χ0) is 18.0. The highest BCUT2D eigenvalue weighted by Crippen LogP contribution is 2.26. The number of hydrogen-bond acceptors (Lipinski definition) is 5. The van der Waals surface area contributed by atoms with Crippen LogP contribution in [0.25, 0.3) is 10.9 Å². The van der Waals surface area contributed by atoms with E-state index >= 15 is 0 Å². The third kappa shape index (κ3) is 3.33. The number of aromatic nitrogens is 1. The number of ether oxygens (including phenoxy) is 2. The highest BCUT2D eigenvalue weighted by atomic mass is 16.5. The second-order valence-electron chi connectivity index (χ2n) is 5.62. The molecule has 128 valence electrons. The summed E-state index contributed by atoms with van der Waals surface area (Å²) in [6.45, 7) is 1.79. The van der Waals surface area contributed by atoms with Gasteiger partial charge in [0.2, 0.25) is 0 Å². The molecule has 0 saturated heterocycles. The smallest absolute Gasteiger partial charge is 0.340 e. The Morgan fingerprint density at radius 1 is 1.12 bits per heavy atom. The van der Waals surface area contributed by atoms with Crippen molar-refractivity contribution in [2.24, 2.45) is 0 Å². The number of aromatic amines is 1. The average molecular weight is 339 g/mol. The van der Waals surface area contributed by atoms with Crippen molar-refractivity contribution in [3.05, 3.63) is 64.8 Å². The van der Waals surface area contributed by atoms with Crippen LogP contribution in [-0.4, -0.2) is 29.1 Å². The second kappa shape index (κ2) is 6.68. The van der Waals surface area contributed by atoms with E-state index in [-0.39, 0.29) is 12.4 Å². The molecule has 1 aromatic heterocycles. The van der Waals surface area contributed by atoms with Gasteiger partial charge in [0.1, 0.15) is 12.4 Å². The lowest BCUT2D eigenvalue weighted by Crippen LogP contribution is -2.07. The molecule has 3 aromatic rings. The number of rotatable bonds is 4. The number of methoxy groups -OCH3 is 1. The predicted octanol–water partition coefficient (Wildman–Crippen LogP) is 3.33. The van der Waals surface area contributed by atoms with Crippen LogP contribution < -0.4 is 0 Å². The van der Waals surface area contributed by atoms with Crippen LogP contribution in [0, 0.1) is 6.92 Å². The number of phenolic OH excluding ortho intramolecular Hbond substituents is 1. The first kappa shape index (κ1) is 16.6. The minimum absolute atomic E-state index is 0.0224. The second-order valence-corrected chi connectivity index (χ2v) is 5.62. The lowest BCUT2D eigenvalue weighted by atomic mass is 10.1. The summed E-state index contributed by atoms with van der Waals surface area (Å²) < 4.78 is 10.1. The molecule has 0 fully saturated rings. The Balaban J connectivity index is 1.81. The van der Waals surface area contributed by atoms with Gasteiger partial charge < -0.3 is 19.6 Å². The molecule has 0 unspecified atom stereocenters. The molecule has 0 bridgehead atoms. The Bertz CT molecular complexity index is 958. The van der Waals surface area contributed by atoms with E-state index in [9.17, 15) is 14.7 Å². The van der Waals surface area contributed by atoms with E-state index in [1.165, 1.54) is 13.2 Å². The minimum Gasteiger partial charge on any atom is -0.508 e. The van der Waals surface area contributed by atoms with Gasteiger partial charge in [-0.2, -0.15) is 0 Å². The predicted molar refractivity (Wildman–Crippen MR) is 91.6 cm³/mol. The molecule has 1 heterocycles. The Kier molecular flexibility index (Phi) is 4.43. The molecule has 0 aliphatic carbocycles. The van der Waals surface area contributed by atoms with E-state index in [0.29, 0.717) is 27.8 Å². The van der Waals surface area contributed by atoms with E-state index in [1.807, 2.05) is 0 Å². The van der Waals surface area contributed by atoms with Gasteiger partial charge in [-0.1, -0.05) is 12.1 Å². The summed E-state index contributed by atoms with van der Waals surface area (Å²) in [5.41, 5.74) is 2.86. The number of hydrogen-bond donors (Lipinski definition) is 2. The number of benzene rings is 2. The maximum atomic E-state index is 12.5. The van der Waals surface area contributed by atoms with Crippen LogP contribution in [-0.2, 0) is 16.1 Å². The number of H-pyrrole nitrogens is 1. The molecule has 0 saturated carbocycles. The van der Waals surface area contributed by atoms with Gasteiger partial charge in [0.25, 0.3) is 0 Å². The highest BCUT2D eigenvalue weighted by Gasteiger charge is 2.18. The van der Waals surface area contributed by atoms with Gasteiger partial charge in [0.15, 0.2) is 0 Å². The van der Waals surface area contributed by atoms with E-state index in [0.717, 1.165) is 5.52 Å². The van der Waals surface area contributed by atoms with E-state index in [1.54, 1.807) is 43.3 Å². The highest BCUT2D eigenvalue weighted by molar-refractivity contribution is 6.05. The van der Waals surface area contributed by atoms with Crippen molar-refractivity contribution in [3.63, 3.8) is 0 Å². The molecule has 0 spiro atoms. The maximum Gasteiger partial charge on any atom is 0.340 e. The number of carbonyl (C=O) groups excluding carboxylic acids is 2. The number of esters is 2. The molecule has 0 aliphatic rings. The van der Waals surface area contributed by atoms with Gasteiger partial charge in [-0.05, 0) is 42.8 Å². The van der Waals surface area contributed by atoms with Crippen molar-refractivity contribution in [2.75, 3.05) is 7.11 Å². The van der Waals surface area contributed by atoms with Crippen molar-refractivity contribution >= 4 is 22.8 Å². The molecule has 0 radical (unpaired) electrons. The van der Waals surface area contributed by atoms with Crippen molar-refractivity contribution in [2.45, 2.75) is 13.5 Å². The van der Waals surface area contributed by atoms with Crippen LogP contribution in [0.5, 0.6) is 5.75 Å². The zero-order valence-corrected chi connectivity index (χ0v) is 13.8. The normalized spacial score (nSPS) is 10.6. The molecular formula is C19H17NO5. The first-order valence-electron chi connectivity index (χ1n) is 7.65. The fourth-order valence-corrected chi connectivity index (χ4v) is 2.70. The fourth-order valence-electron chi connectivity index (χ4n) is 2.70. The third-order valence-electron chi connectivity index (χ3n) is 3.89. The SMILES string of the molecule is COC(=O)c1cccc(COC(=O)c2c(C)[nH]c3ccc(O)cc23)c1. The van der Waals surface area contributed by atoms with Gasteiger partial charge in [0, 0.05) is 16.6 Å². The van der Waals surface area contributed by atoms with Gasteiger partial charge >= 0.3 is 11.9 Å². The largest absolute Gasteiger partial charge is 0.508 e. The van der Waals surface area contributed by atoms with Crippen LogP contribution in [0.2, 0.25) is 0 Å². The van der Waals surface area contributed by atoms with Gasteiger partial charge in [-0.15, -0.1) is 0 Å². The summed E-state index contributed by atoms with van der Waals surface area (Å²) in [6, 6.07) is 11.5. The molecule has 6 heteroatoms. The van der Waals surface area contributed by atoms with Crippen molar-refractivity contribution in [1.29, 1.82) is 0 Å². The first-order chi connectivity index (χ1) is 12.0. The number of nitrogens with one attached hydrogen (secondary N) is 1. The quantitative estimate of drug-likeness (QED) is 0.712. The summed E-state index contributed by atoms with van der Waals surface area (Å²) in [4.78, 5) is 27.1. The summed E-state index contributed by atoms with van der Waals surface area (Å²) in [5, 5.41) is 10.3. The molecule has 2 N–H and O–H groups in total.